The van der Waals surface area contributed by atoms with E-state index in [1.165, 1.54) is 6.42 Å². The van der Waals surface area contributed by atoms with Gasteiger partial charge in [-0.1, -0.05) is 0 Å². The number of benzene rings is 1. The lowest BCUT2D eigenvalue weighted by molar-refractivity contribution is 0.101. The molecule has 1 unspecified atom stereocenters. The molecule has 0 bridgehead atoms. The molecule has 1 aromatic rings. The zero-order chi connectivity index (χ0) is 13.8. The van der Waals surface area contributed by atoms with E-state index in [-0.39, 0.29) is 5.78 Å². The number of ketones is 1. The highest BCUT2D eigenvalue weighted by molar-refractivity contribution is 6.00. The van der Waals surface area contributed by atoms with Gasteiger partial charge in [-0.25, -0.2) is 0 Å². The molecular formula is C15H22N2O2. The molecule has 2 rings (SSSR count). The van der Waals surface area contributed by atoms with Gasteiger partial charge in [0.2, 0.25) is 0 Å². The smallest absolute Gasteiger partial charge is 0.161 e. The molecule has 0 aromatic heterocycles. The Morgan fingerprint density at radius 3 is 3.00 bits per heavy atom. The first-order valence-electron chi connectivity index (χ1n) is 6.76. The Morgan fingerprint density at radius 1 is 1.53 bits per heavy atom. The van der Waals surface area contributed by atoms with Gasteiger partial charge in [0.05, 0.1) is 6.61 Å². The van der Waals surface area contributed by atoms with Crippen molar-refractivity contribution in [3.8, 4) is 0 Å². The van der Waals surface area contributed by atoms with Crippen LogP contribution in [0.4, 0.5) is 11.4 Å². The Labute approximate surface area is 114 Å². The summed E-state index contributed by atoms with van der Waals surface area (Å²) in [5.74, 6) is 0.585. The first kappa shape index (κ1) is 13.9. The van der Waals surface area contributed by atoms with E-state index < -0.39 is 0 Å². The summed E-state index contributed by atoms with van der Waals surface area (Å²) < 4.78 is 5.25. The van der Waals surface area contributed by atoms with Gasteiger partial charge in [0.25, 0.3) is 0 Å². The summed E-state index contributed by atoms with van der Waals surface area (Å²) in [5.41, 5.74) is 8.09. The SMILES string of the molecule is COCC1CCCN(c2ccc(N)c(C(C)=O)c2)C1. The Balaban J connectivity index is 2.17. The molecule has 1 fully saturated rings. The van der Waals surface area contributed by atoms with Gasteiger partial charge in [-0.05, 0) is 43.9 Å². The van der Waals surface area contributed by atoms with Crippen molar-refractivity contribution in [2.75, 3.05) is 37.4 Å². The van der Waals surface area contributed by atoms with Gasteiger partial charge in [-0.3, -0.25) is 4.79 Å². The average Bonchev–Trinajstić information content (AvgIpc) is 2.39. The molecule has 19 heavy (non-hydrogen) atoms. The number of Topliss-reactive ketones (excluding diaryl/α,β-unsaturated/α-hetero) is 1. The van der Waals surface area contributed by atoms with E-state index in [2.05, 4.69) is 4.90 Å². The molecule has 0 radical (unpaired) electrons. The van der Waals surface area contributed by atoms with Gasteiger partial charge in [0, 0.05) is 37.1 Å². The third-order valence-corrected chi connectivity index (χ3v) is 3.70. The normalized spacial score (nSPS) is 19.5. The highest BCUT2D eigenvalue weighted by Crippen LogP contribution is 2.26. The number of nitrogens with two attached hydrogens (primary N) is 1. The highest BCUT2D eigenvalue weighted by Gasteiger charge is 2.20. The van der Waals surface area contributed by atoms with E-state index in [1.807, 2.05) is 18.2 Å². The lowest BCUT2D eigenvalue weighted by atomic mass is 9.98. The van der Waals surface area contributed by atoms with E-state index >= 15 is 0 Å². The molecule has 0 spiro atoms. The van der Waals surface area contributed by atoms with Crippen LogP contribution in [0.25, 0.3) is 0 Å². The number of carbonyl (C=O) groups excluding carboxylic acids is 1. The summed E-state index contributed by atoms with van der Waals surface area (Å²) in [6.45, 7) is 4.36. The fourth-order valence-corrected chi connectivity index (χ4v) is 2.72. The summed E-state index contributed by atoms with van der Waals surface area (Å²) in [6, 6.07) is 5.73. The zero-order valence-electron chi connectivity index (χ0n) is 11.7. The predicted molar refractivity (Wildman–Crippen MR) is 77.7 cm³/mol. The first-order chi connectivity index (χ1) is 9.11. The van der Waals surface area contributed by atoms with Crippen molar-refractivity contribution in [3.05, 3.63) is 23.8 Å². The van der Waals surface area contributed by atoms with Crippen molar-refractivity contribution in [1.82, 2.24) is 0 Å². The maximum Gasteiger partial charge on any atom is 0.161 e. The van der Waals surface area contributed by atoms with Gasteiger partial charge < -0.3 is 15.4 Å². The maximum atomic E-state index is 11.5. The van der Waals surface area contributed by atoms with Crippen molar-refractivity contribution < 1.29 is 9.53 Å². The summed E-state index contributed by atoms with van der Waals surface area (Å²) in [4.78, 5) is 13.9. The standard InChI is InChI=1S/C15H22N2O2/c1-11(18)14-8-13(5-6-15(14)16)17-7-3-4-12(9-17)10-19-2/h5-6,8,12H,3-4,7,9-10,16H2,1-2H3. The van der Waals surface area contributed by atoms with Gasteiger partial charge in [-0.2, -0.15) is 0 Å². The summed E-state index contributed by atoms with van der Waals surface area (Å²) in [7, 11) is 1.75. The molecule has 1 heterocycles. The number of methoxy groups -OCH3 is 1. The van der Waals surface area contributed by atoms with Gasteiger partial charge >= 0.3 is 0 Å². The van der Waals surface area contributed by atoms with E-state index in [4.69, 9.17) is 10.5 Å². The Bertz CT molecular complexity index is 457. The topological polar surface area (TPSA) is 55.6 Å². The summed E-state index contributed by atoms with van der Waals surface area (Å²) in [6.07, 6.45) is 2.37. The minimum atomic E-state index is 0.0183. The van der Waals surface area contributed by atoms with Crippen molar-refractivity contribution in [3.63, 3.8) is 0 Å². The van der Waals surface area contributed by atoms with Gasteiger partial charge in [-0.15, -0.1) is 0 Å². The quantitative estimate of drug-likeness (QED) is 0.668. The number of nitrogen functional groups attached to an aromatic ring is 1. The molecule has 1 aromatic carbocycles. The van der Waals surface area contributed by atoms with Crippen LogP contribution < -0.4 is 10.6 Å². The molecule has 1 atom stereocenters. The fraction of sp³-hybridized carbons (Fsp3) is 0.533. The monoisotopic (exact) mass is 262 g/mol. The molecule has 1 aliphatic rings. The maximum absolute atomic E-state index is 11.5. The Morgan fingerprint density at radius 2 is 2.32 bits per heavy atom. The molecule has 4 heteroatoms. The predicted octanol–water partition coefficient (Wildman–Crippen LogP) is 2.33. The second kappa shape index (κ2) is 6.06. The van der Waals surface area contributed by atoms with E-state index in [1.54, 1.807) is 14.0 Å². The lowest BCUT2D eigenvalue weighted by Crippen LogP contribution is -2.37. The van der Waals surface area contributed by atoms with Crippen LogP contribution in [-0.4, -0.2) is 32.6 Å². The molecule has 0 amide bonds. The van der Waals surface area contributed by atoms with Gasteiger partial charge in [0.1, 0.15) is 0 Å². The third-order valence-electron chi connectivity index (χ3n) is 3.70. The minimum Gasteiger partial charge on any atom is -0.398 e. The third kappa shape index (κ3) is 3.26. The summed E-state index contributed by atoms with van der Waals surface area (Å²) >= 11 is 0. The molecule has 0 saturated carbocycles. The highest BCUT2D eigenvalue weighted by atomic mass is 16.5. The van der Waals surface area contributed by atoms with Crippen LogP contribution in [0.1, 0.15) is 30.1 Å². The number of carbonyl (C=O) groups is 1. The van der Waals surface area contributed by atoms with E-state index in [9.17, 15) is 4.79 Å². The van der Waals surface area contributed by atoms with Crippen LogP contribution in [0.2, 0.25) is 0 Å². The van der Waals surface area contributed by atoms with E-state index in [0.717, 1.165) is 31.8 Å². The largest absolute Gasteiger partial charge is 0.398 e. The van der Waals surface area contributed by atoms with Crippen LogP contribution in [0.5, 0.6) is 0 Å². The zero-order valence-corrected chi connectivity index (χ0v) is 11.7. The van der Waals surface area contributed by atoms with Crippen molar-refractivity contribution in [2.45, 2.75) is 19.8 Å². The molecule has 1 saturated heterocycles. The Kier molecular flexibility index (Phi) is 4.43. The number of ether oxygens (including phenoxy) is 1. The number of hydrogen-bond acceptors (Lipinski definition) is 4. The van der Waals surface area contributed by atoms with Gasteiger partial charge in [0.15, 0.2) is 5.78 Å². The fourth-order valence-electron chi connectivity index (χ4n) is 2.72. The summed E-state index contributed by atoms with van der Waals surface area (Å²) in [5, 5.41) is 0. The number of nitrogens with zero attached hydrogens (tertiary/aromatic N) is 1. The number of hydrogen-bond donors (Lipinski definition) is 1. The van der Waals surface area contributed by atoms with Crippen LogP contribution in [0.3, 0.4) is 0 Å². The second-order valence-electron chi connectivity index (χ2n) is 5.24. The van der Waals surface area contributed by atoms with Crippen molar-refractivity contribution in [2.24, 2.45) is 5.92 Å². The number of piperidine rings is 1. The molecule has 1 aliphatic heterocycles. The lowest BCUT2D eigenvalue weighted by Gasteiger charge is -2.34. The van der Waals surface area contributed by atoms with Crippen LogP contribution in [0, 0.1) is 5.92 Å². The van der Waals surface area contributed by atoms with Crippen molar-refractivity contribution in [1.29, 1.82) is 0 Å². The minimum absolute atomic E-state index is 0.0183. The second-order valence-corrected chi connectivity index (χ2v) is 5.24. The number of anilines is 2. The van der Waals surface area contributed by atoms with Crippen molar-refractivity contribution >= 4 is 17.2 Å². The molecule has 0 aliphatic carbocycles. The van der Waals surface area contributed by atoms with E-state index in [0.29, 0.717) is 17.2 Å². The van der Waals surface area contributed by atoms with Crippen LogP contribution >= 0.6 is 0 Å². The molecule has 2 N–H and O–H groups in total. The Hall–Kier alpha value is -1.55. The average molecular weight is 262 g/mol. The molecular weight excluding hydrogens is 240 g/mol. The number of rotatable bonds is 4. The molecule has 104 valence electrons. The first-order valence-corrected chi connectivity index (χ1v) is 6.76. The van der Waals surface area contributed by atoms with Crippen LogP contribution in [-0.2, 0) is 4.74 Å². The molecule has 4 nitrogen and oxygen atoms in total. The van der Waals surface area contributed by atoms with Crippen LogP contribution in [0.15, 0.2) is 18.2 Å².